The van der Waals surface area contributed by atoms with Crippen LogP contribution in [-0.4, -0.2) is 66.8 Å². The Hall–Kier alpha value is -1.95. The third-order valence-electron chi connectivity index (χ3n) is 6.39. The van der Waals surface area contributed by atoms with Crippen molar-refractivity contribution in [1.29, 1.82) is 0 Å². The van der Waals surface area contributed by atoms with E-state index in [0.29, 0.717) is 6.04 Å². The highest BCUT2D eigenvalue weighted by Crippen LogP contribution is 2.31. The minimum absolute atomic E-state index is 0.181. The molecular weight excluding hydrogens is 376 g/mol. The molecule has 0 bridgehead atoms. The van der Waals surface area contributed by atoms with Gasteiger partial charge in [0.05, 0.1) is 0 Å². The van der Waals surface area contributed by atoms with E-state index in [1.807, 2.05) is 25.7 Å². The van der Waals surface area contributed by atoms with E-state index in [4.69, 9.17) is 10.5 Å². The molecule has 2 aliphatic heterocycles. The number of amides is 1. The first kappa shape index (κ1) is 22.7. The van der Waals surface area contributed by atoms with Crippen LogP contribution in [0.3, 0.4) is 0 Å². The predicted molar refractivity (Wildman–Crippen MR) is 124 cm³/mol. The number of hydrogen-bond acceptors (Lipinski definition) is 5. The highest BCUT2D eigenvalue weighted by atomic mass is 16.6. The fourth-order valence-electron chi connectivity index (χ4n) is 4.65. The molecule has 3 rings (SSSR count). The van der Waals surface area contributed by atoms with Crippen molar-refractivity contribution in [3.8, 4) is 0 Å². The summed E-state index contributed by atoms with van der Waals surface area (Å²) in [5, 5.41) is 0. The van der Waals surface area contributed by atoms with Gasteiger partial charge in [0, 0.05) is 56.7 Å². The number of nitrogens with zero attached hydrogens (tertiary/aromatic N) is 3. The van der Waals surface area contributed by atoms with Crippen LogP contribution in [0.4, 0.5) is 16.2 Å². The maximum absolute atomic E-state index is 12.3. The Labute approximate surface area is 182 Å². The van der Waals surface area contributed by atoms with Gasteiger partial charge in [0.15, 0.2) is 0 Å². The number of carbonyl (C=O) groups is 1. The highest BCUT2D eigenvalue weighted by molar-refractivity contribution is 5.68. The number of nitrogens with two attached hydrogens (primary N) is 1. The number of nitrogen functional groups attached to an aromatic ring is 1. The first-order chi connectivity index (χ1) is 14.2. The van der Waals surface area contributed by atoms with Crippen molar-refractivity contribution in [1.82, 2.24) is 9.80 Å². The summed E-state index contributed by atoms with van der Waals surface area (Å²) in [5.74, 6) is 0. The van der Waals surface area contributed by atoms with Crippen molar-refractivity contribution in [3.63, 3.8) is 0 Å². The maximum Gasteiger partial charge on any atom is 0.410 e. The normalized spacial score (nSPS) is 19.2. The van der Waals surface area contributed by atoms with E-state index in [2.05, 4.69) is 35.8 Å². The summed E-state index contributed by atoms with van der Waals surface area (Å²) in [5.41, 5.74) is 10.7. The molecule has 1 aromatic carbocycles. The molecule has 0 unspecified atom stereocenters. The lowest BCUT2D eigenvalue weighted by Gasteiger charge is -2.43. The third-order valence-corrected chi connectivity index (χ3v) is 6.39. The fourth-order valence-corrected chi connectivity index (χ4v) is 4.65. The van der Waals surface area contributed by atoms with Gasteiger partial charge in [-0.15, -0.1) is 0 Å². The van der Waals surface area contributed by atoms with Crippen molar-refractivity contribution >= 4 is 17.5 Å². The van der Waals surface area contributed by atoms with E-state index in [9.17, 15) is 4.79 Å². The summed E-state index contributed by atoms with van der Waals surface area (Å²) in [7, 11) is 0. The maximum atomic E-state index is 12.3. The average molecular weight is 417 g/mol. The molecule has 0 spiro atoms. The molecule has 0 radical (unpaired) electrons. The number of anilines is 2. The zero-order chi connectivity index (χ0) is 21.9. The van der Waals surface area contributed by atoms with Crippen LogP contribution >= 0.6 is 0 Å². The van der Waals surface area contributed by atoms with Crippen LogP contribution in [0, 0.1) is 0 Å². The fraction of sp³-hybridized carbons (Fsp3) is 0.708. The number of ether oxygens (including phenoxy) is 1. The second-order valence-electron chi connectivity index (χ2n) is 9.61. The molecule has 0 aromatic heterocycles. The molecule has 2 aliphatic rings. The molecule has 2 saturated heterocycles. The van der Waals surface area contributed by atoms with Crippen molar-refractivity contribution in [2.75, 3.05) is 49.9 Å². The molecule has 2 N–H and O–H groups in total. The van der Waals surface area contributed by atoms with E-state index in [1.54, 1.807) is 0 Å². The lowest BCUT2D eigenvalue weighted by Crippen LogP contribution is -2.55. The summed E-state index contributed by atoms with van der Waals surface area (Å²) in [4.78, 5) is 19.3. The number of piperidine rings is 1. The molecule has 0 atom stereocenters. The van der Waals surface area contributed by atoms with Crippen molar-refractivity contribution in [2.24, 2.45) is 0 Å². The first-order valence-corrected chi connectivity index (χ1v) is 11.6. The van der Waals surface area contributed by atoms with Gasteiger partial charge in [0.1, 0.15) is 5.60 Å². The Balaban J connectivity index is 1.54. The molecule has 2 heterocycles. The lowest BCUT2D eigenvalue weighted by molar-refractivity contribution is 0.00902. The number of piperazine rings is 1. The molecule has 6 heteroatoms. The quantitative estimate of drug-likeness (QED) is 0.754. The summed E-state index contributed by atoms with van der Waals surface area (Å²) in [6.07, 6.45) is 4.14. The van der Waals surface area contributed by atoms with E-state index in [-0.39, 0.29) is 6.09 Å². The number of benzene rings is 1. The Bertz CT molecular complexity index is 727. The largest absolute Gasteiger partial charge is 0.444 e. The summed E-state index contributed by atoms with van der Waals surface area (Å²) < 4.78 is 5.52. The monoisotopic (exact) mass is 416 g/mol. The first-order valence-electron chi connectivity index (χ1n) is 11.6. The van der Waals surface area contributed by atoms with Gasteiger partial charge in [0.2, 0.25) is 0 Å². The van der Waals surface area contributed by atoms with Crippen LogP contribution in [0.15, 0.2) is 12.1 Å². The van der Waals surface area contributed by atoms with Gasteiger partial charge in [-0.25, -0.2) is 4.79 Å². The zero-order valence-electron chi connectivity index (χ0n) is 19.5. The lowest BCUT2D eigenvalue weighted by atomic mass is 9.98. The summed E-state index contributed by atoms with van der Waals surface area (Å²) in [6, 6.07) is 5.09. The Kier molecular flexibility index (Phi) is 7.17. The molecular formula is C24H40N4O2. The van der Waals surface area contributed by atoms with Crippen LogP contribution in [-0.2, 0) is 17.6 Å². The molecule has 2 fully saturated rings. The van der Waals surface area contributed by atoms with Gasteiger partial charge in [-0.05, 0) is 69.7 Å². The van der Waals surface area contributed by atoms with Gasteiger partial charge >= 0.3 is 6.09 Å². The molecule has 1 aromatic rings. The topological polar surface area (TPSA) is 62.0 Å². The van der Waals surface area contributed by atoms with Gasteiger partial charge < -0.3 is 20.3 Å². The van der Waals surface area contributed by atoms with Crippen molar-refractivity contribution < 1.29 is 9.53 Å². The number of aryl methyl sites for hydroxylation is 2. The van der Waals surface area contributed by atoms with Crippen LogP contribution in [0.2, 0.25) is 0 Å². The summed E-state index contributed by atoms with van der Waals surface area (Å²) >= 11 is 0. The molecule has 30 heavy (non-hydrogen) atoms. The third kappa shape index (κ3) is 5.39. The van der Waals surface area contributed by atoms with Crippen molar-refractivity contribution in [3.05, 3.63) is 23.3 Å². The Morgan fingerprint density at radius 3 is 2.13 bits per heavy atom. The molecule has 6 nitrogen and oxygen atoms in total. The zero-order valence-corrected chi connectivity index (χ0v) is 19.5. The van der Waals surface area contributed by atoms with Gasteiger partial charge in [-0.3, -0.25) is 4.90 Å². The number of carbonyl (C=O) groups excluding carboxylic acids is 1. The smallest absolute Gasteiger partial charge is 0.410 e. The predicted octanol–water partition coefficient (Wildman–Crippen LogP) is 3.92. The average Bonchev–Trinajstić information content (AvgIpc) is 2.72. The summed E-state index contributed by atoms with van der Waals surface area (Å²) in [6.45, 7) is 15.7. The second-order valence-corrected chi connectivity index (χ2v) is 9.61. The Morgan fingerprint density at radius 2 is 1.60 bits per heavy atom. The van der Waals surface area contributed by atoms with Crippen LogP contribution in [0.25, 0.3) is 0 Å². The van der Waals surface area contributed by atoms with Crippen molar-refractivity contribution in [2.45, 2.75) is 71.9 Å². The van der Waals surface area contributed by atoms with E-state index < -0.39 is 5.60 Å². The number of rotatable bonds is 4. The molecule has 0 aliphatic carbocycles. The molecule has 1 amide bonds. The minimum Gasteiger partial charge on any atom is -0.444 e. The van der Waals surface area contributed by atoms with E-state index in [0.717, 1.165) is 57.8 Å². The molecule has 168 valence electrons. The Morgan fingerprint density at radius 1 is 1.00 bits per heavy atom. The standard InChI is InChI=1S/C24H40N4O2/c1-6-18-17-22(19(7-2)16-21(18)25)27-10-8-20(9-11-27)26-12-14-28(15-13-26)23(29)30-24(3,4)5/h16-17,20H,6-15,25H2,1-5H3. The van der Waals surface area contributed by atoms with Crippen LogP contribution in [0.5, 0.6) is 0 Å². The SMILES string of the molecule is CCc1cc(N2CCC(N3CCN(C(=O)OC(C)(C)C)CC3)CC2)c(CC)cc1N. The second kappa shape index (κ2) is 9.46. The van der Waals surface area contributed by atoms with E-state index in [1.165, 1.54) is 29.7 Å². The van der Waals surface area contributed by atoms with Crippen LogP contribution in [0.1, 0.15) is 58.6 Å². The molecule has 0 saturated carbocycles. The number of hydrogen-bond donors (Lipinski definition) is 1. The minimum atomic E-state index is -0.432. The van der Waals surface area contributed by atoms with Gasteiger partial charge in [0.25, 0.3) is 0 Å². The van der Waals surface area contributed by atoms with E-state index >= 15 is 0 Å². The highest BCUT2D eigenvalue weighted by Gasteiger charge is 2.31. The van der Waals surface area contributed by atoms with Crippen LogP contribution < -0.4 is 10.6 Å². The van der Waals surface area contributed by atoms with Gasteiger partial charge in [-0.2, -0.15) is 0 Å². The van der Waals surface area contributed by atoms with Gasteiger partial charge in [-0.1, -0.05) is 13.8 Å².